The first-order chi connectivity index (χ1) is 9.81. The molecule has 0 saturated carbocycles. The number of benzene rings is 1. The molecule has 0 fully saturated rings. The molecule has 2 aromatic heterocycles. The molecule has 0 unspecified atom stereocenters. The van der Waals surface area contributed by atoms with E-state index in [0.717, 1.165) is 28.2 Å². The average Bonchev–Trinajstić information content (AvgIpc) is 2.91. The van der Waals surface area contributed by atoms with Gasteiger partial charge in [-0.05, 0) is 24.6 Å². The molecule has 5 nitrogen and oxygen atoms in total. The molecule has 1 aromatic carbocycles. The van der Waals surface area contributed by atoms with Crippen LogP contribution in [0.4, 0.5) is 0 Å². The summed E-state index contributed by atoms with van der Waals surface area (Å²) >= 11 is 0. The van der Waals surface area contributed by atoms with E-state index in [0.29, 0.717) is 13.2 Å². The van der Waals surface area contributed by atoms with Crippen molar-refractivity contribution in [3.63, 3.8) is 0 Å². The summed E-state index contributed by atoms with van der Waals surface area (Å²) in [4.78, 5) is 8.78. The van der Waals surface area contributed by atoms with E-state index in [1.165, 1.54) is 0 Å². The van der Waals surface area contributed by atoms with Crippen molar-refractivity contribution >= 4 is 5.65 Å². The van der Waals surface area contributed by atoms with Crippen LogP contribution in [0.25, 0.3) is 16.8 Å². The number of ether oxygens (including phenoxy) is 1. The van der Waals surface area contributed by atoms with Crippen molar-refractivity contribution in [1.29, 1.82) is 0 Å². The van der Waals surface area contributed by atoms with Crippen molar-refractivity contribution in [3.8, 4) is 16.9 Å². The van der Waals surface area contributed by atoms with Gasteiger partial charge in [0.2, 0.25) is 0 Å². The minimum atomic E-state index is 0.421. The van der Waals surface area contributed by atoms with Crippen molar-refractivity contribution in [2.75, 3.05) is 6.61 Å². The van der Waals surface area contributed by atoms with Crippen molar-refractivity contribution in [1.82, 2.24) is 14.4 Å². The molecule has 0 radical (unpaired) electrons. The van der Waals surface area contributed by atoms with Crippen LogP contribution >= 0.6 is 0 Å². The second-order valence-corrected chi connectivity index (χ2v) is 4.43. The Morgan fingerprint density at radius 1 is 1.25 bits per heavy atom. The molecule has 2 heterocycles. The largest absolute Gasteiger partial charge is 0.494 e. The molecule has 20 heavy (non-hydrogen) atoms. The quantitative estimate of drug-likeness (QED) is 0.788. The third-order valence-electron chi connectivity index (χ3n) is 3.10. The van der Waals surface area contributed by atoms with E-state index in [1.54, 1.807) is 6.33 Å². The highest BCUT2D eigenvalue weighted by Gasteiger charge is 2.08. The van der Waals surface area contributed by atoms with Crippen molar-refractivity contribution in [2.24, 2.45) is 5.73 Å². The van der Waals surface area contributed by atoms with Gasteiger partial charge >= 0.3 is 0 Å². The highest BCUT2D eigenvalue weighted by Crippen LogP contribution is 2.25. The van der Waals surface area contributed by atoms with Gasteiger partial charge in [0.05, 0.1) is 12.3 Å². The van der Waals surface area contributed by atoms with Gasteiger partial charge in [-0.15, -0.1) is 0 Å². The van der Waals surface area contributed by atoms with Crippen molar-refractivity contribution < 1.29 is 4.74 Å². The summed E-state index contributed by atoms with van der Waals surface area (Å²) in [6.45, 7) is 3.05. The lowest BCUT2D eigenvalue weighted by atomic mass is 10.1. The lowest BCUT2D eigenvalue weighted by molar-refractivity contribution is 0.340. The Bertz CT molecular complexity index is 718. The van der Waals surface area contributed by atoms with Crippen LogP contribution in [0, 0.1) is 0 Å². The van der Waals surface area contributed by atoms with Crippen LogP contribution in [-0.4, -0.2) is 21.0 Å². The van der Waals surface area contributed by atoms with Gasteiger partial charge in [-0.1, -0.05) is 12.1 Å². The number of fused-ring (bicyclic) bond motifs is 1. The standard InChI is InChI=1S/C15H16N4O/c1-2-20-13-5-3-11(4-6-13)14-8-17-10-19-9-12(7-16)18-15(14)19/h3-6,8-10H,2,7,16H2,1H3. The third kappa shape index (κ3) is 2.23. The van der Waals surface area contributed by atoms with E-state index < -0.39 is 0 Å². The summed E-state index contributed by atoms with van der Waals surface area (Å²) in [5.41, 5.74) is 9.40. The number of nitrogens with two attached hydrogens (primary N) is 1. The van der Waals surface area contributed by atoms with E-state index in [2.05, 4.69) is 9.97 Å². The lowest BCUT2D eigenvalue weighted by Crippen LogP contribution is -1.95. The molecule has 0 aliphatic rings. The maximum atomic E-state index is 5.64. The zero-order chi connectivity index (χ0) is 13.9. The summed E-state index contributed by atoms with van der Waals surface area (Å²) in [5, 5.41) is 0. The molecular weight excluding hydrogens is 252 g/mol. The summed E-state index contributed by atoms with van der Waals surface area (Å²) < 4.78 is 7.35. The zero-order valence-corrected chi connectivity index (χ0v) is 11.3. The zero-order valence-electron chi connectivity index (χ0n) is 11.3. The molecule has 102 valence electrons. The number of rotatable bonds is 4. The first-order valence-electron chi connectivity index (χ1n) is 6.56. The second-order valence-electron chi connectivity index (χ2n) is 4.43. The van der Waals surface area contributed by atoms with E-state index in [-0.39, 0.29) is 0 Å². The highest BCUT2D eigenvalue weighted by atomic mass is 16.5. The van der Waals surface area contributed by atoms with Crippen LogP contribution < -0.4 is 10.5 Å². The molecule has 0 spiro atoms. The molecule has 3 rings (SSSR count). The van der Waals surface area contributed by atoms with Gasteiger partial charge in [0.25, 0.3) is 0 Å². The Morgan fingerprint density at radius 2 is 2.05 bits per heavy atom. The monoisotopic (exact) mass is 268 g/mol. The fourth-order valence-electron chi connectivity index (χ4n) is 2.17. The van der Waals surface area contributed by atoms with Gasteiger partial charge in [0.15, 0.2) is 0 Å². The normalized spacial score (nSPS) is 10.9. The van der Waals surface area contributed by atoms with Crippen molar-refractivity contribution in [2.45, 2.75) is 13.5 Å². The van der Waals surface area contributed by atoms with E-state index in [1.807, 2.05) is 48.0 Å². The Labute approximate surface area is 117 Å². The second kappa shape index (κ2) is 5.30. The Morgan fingerprint density at radius 3 is 2.75 bits per heavy atom. The fraction of sp³-hybridized carbons (Fsp3) is 0.200. The van der Waals surface area contributed by atoms with Crippen LogP contribution in [0.1, 0.15) is 12.6 Å². The highest BCUT2D eigenvalue weighted by molar-refractivity contribution is 5.77. The Kier molecular flexibility index (Phi) is 3.35. The van der Waals surface area contributed by atoms with Gasteiger partial charge < -0.3 is 10.5 Å². The molecule has 0 amide bonds. The smallest absolute Gasteiger partial charge is 0.147 e. The molecule has 0 aliphatic heterocycles. The van der Waals surface area contributed by atoms with E-state index >= 15 is 0 Å². The minimum Gasteiger partial charge on any atom is -0.494 e. The molecule has 5 heteroatoms. The van der Waals surface area contributed by atoms with Gasteiger partial charge in [-0.3, -0.25) is 4.40 Å². The predicted octanol–water partition coefficient (Wildman–Crippen LogP) is 2.25. The summed E-state index contributed by atoms with van der Waals surface area (Å²) in [7, 11) is 0. The molecule has 0 bridgehead atoms. The van der Waals surface area contributed by atoms with Crippen LogP contribution in [0.5, 0.6) is 5.75 Å². The fourth-order valence-corrected chi connectivity index (χ4v) is 2.17. The molecule has 3 aromatic rings. The Balaban J connectivity index is 2.06. The molecule has 0 atom stereocenters. The number of hydrogen-bond donors (Lipinski definition) is 1. The van der Waals surface area contributed by atoms with Crippen LogP contribution in [0.2, 0.25) is 0 Å². The summed E-state index contributed by atoms with van der Waals surface area (Å²) in [5.74, 6) is 0.863. The maximum absolute atomic E-state index is 5.64. The third-order valence-corrected chi connectivity index (χ3v) is 3.10. The molecule has 0 saturated heterocycles. The SMILES string of the molecule is CCOc1ccc(-c2cncn3cc(CN)nc23)cc1. The first-order valence-corrected chi connectivity index (χ1v) is 6.56. The minimum absolute atomic E-state index is 0.421. The summed E-state index contributed by atoms with van der Waals surface area (Å²) in [6.07, 6.45) is 5.46. The van der Waals surface area contributed by atoms with Crippen LogP contribution in [-0.2, 0) is 6.54 Å². The van der Waals surface area contributed by atoms with E-state index in [9.17, 15) is 0 Å². The van der Waals surface area contributed by atoms with Crippen molar-refractivity contribution in [3.05, 3.63) is 48.7 Å². The van der Waals surface area contributed by atoms with Gasteiger partial charge in [0, 0.05) is 24.5 Å². The first kappa shape index (κ1) is 12.6. The predicted molar refractivity (Wildman–Crippen MR) is 77.5 cm³/mol. The van der Waals surface area contributed by atoms with Gasteiger partial charge in [0.1, 0.15) is 17.7 Å². The van der Waals surface area contributed by atoms with Crippen LogP contribution in [0.15, 0.2) is 43.0 Å². The number of nitrogens with zero attached hydrogens (tertiary/aromatic N) is 3. The van der Waals surface area contributed by atoms with Gasteiger partial charge in [-0.2, -0.15) is 0 Å². The topological polar surface area (TPSA) is 65.4 Å². The number of aromatic nitrogens is 3. The number of hydrogen-bond acceptors (Lipinski definition) is 4. The summed E-state index contributed by atoms with van der Waals surface area (Å²) in [6, 6.07) is 7.93. The maximum Gasteiger partial charge on any atom is 0.147 e. The Hall–Kier alpha value is -2.40. The molecule has 0 aliphatic carbocycles. The number of imidazole rings is 1. The molecular formula is C15H16N4O. The van der Waals surface area contributed by atoms with Gasteiger partial charge in [-0.25, -0.2) is 9.97 Å². The lowest BCUT2D eigenvalue weighted by Gasteiger charge is -2.06. The molecule has 2 N–H and O–H groups in total. The van der Waals surface area contributed by atoms with E-state index in [4.69, 9.17) is 10.5 Å². The van der Waals surface area contributed by atoms with Crippen LogP contribution in [0.3, 0.4) is 0 Å². The average molecular weight is 268 g/mol.